The molecule has 1 aromatic carbocycles. The molecule has 22 heavy (non-hydrogen) atoms. The van der Waals surface area contributed by atoms with Gasteiger partial charge in [-0.25, -0.2) is 4.79 Å². The molecule has 0 heterocycles. The maximum atomic E-state index is 11.9. The first-order chi connectivity index (χ1) is 10.4. The second kappa shape index (κ2) is 9.03. The van der Waals surface area contributed by atoms with Crippen LogP contribution in [0.1, 0.15) is 45.6 Å². The molecule has 0 aliphatic carbocycles. The lowest BCUT2D eigenvalue weighted by Gasteiger charge is -2.07. The van der Waals surface area contributed by atoms with Crippen LogP contribution in [0, 0.1) is 5.92 Å². The Morgan fingerprint density at radius 2 is 1.86 bits per heavy atom. The highest BCUT2D eigenvalue weighted by molar-refractivity contribution is 5.90. The molecule has 0 fully saturated rings. The monoisotopic (exact) mass is 304 g/mol. The maximum absolute atomic E-state index is 11.9. The first-order valence-corrected chi connectivity index (χ1v) is 7.66. The van der Waals surface area contributed by atoms with Crippen molar-refractivity contribution in [3.8, 4) is 5.75 Å². The van der Waals surface area contributed by atoms with Crippen molar-refractivity contribution in [2.24, 2.45) is 5.92 Å². The molecule has 0 saturated carbocycles. The quantitative estimate of drug-likeness (QED) is 0.341. The van der Waals surface area contributed by atoms with Crippen molar-refractivity contribution in [1.29, 1.82) is 0 Å². The number of hydrogen-bond acceptors (Lipinski definition) is 3. The van der Waals surface area contributed by atoms with Gasteiger partial charge < -0.3 is 9.84 Å². The Hall–Kier alpha value is -2.10. The molecule has 0 aliphatic rings. The van der Waals surface area contributed by atoms with Gasteiger partial charge in [0.05, 0.1) is 5.92 Å². The van der Waals surface area contributed by atoms with Gasteiger partial charge in [-0.3, -0.25) is 4.79 Å². The Kier molecular flexibility index (Phi) is 7.37. The Labute approximate surface area is 131 Å². The van der Waals surface area contributed by atoms with Gasteiger partial charge in [-0.2, -0.15) is 0 Å². The summed E-state index contributed by atoms with van der Waals surface area (Å²) in [5.41, 5.74) is 1.52. The predicted octanol–water partition coefficient (Wildman–Crippen LogP) is 3.99. The van der Waals surface area contributed by atoms with E-state index >= 15 is 0 Å². The average molecular weight is 304 g/mol. The van der Waals surface area contributed by atoms with E-state index in [4.69, 9.17) is 9.84 Å². The van der Waals surface area contributed by atoms with Crippen LogP contribution in [0.4, 0.5) is 0 Å². The highest BCUT2D eigenvalue weighted by atomic mass is 16.5. The Bertz CT molecular complexity index is 529. The molecule has 1 aromatic rings. The van der Waals surface area contributed by atoms with Gasteiger partial charge in [0.1, 0.15) is 5.75 Å². The second-order valence-electron chi connectivity index (χ2n) is 5.47. The fraction of sp³-hybridized carbons (Fsp3) is 0.444. The van der Waals surface area contributed by atoms with Crippen LogP contribution in [-0.2, 0) is 16.0 Å². The number of benzene rings is 1. The molecule has 4 nitrogen and oxygen atoms in total. The smallest absolute Gasteiger partial charge is 0.338 e. The fourth-order valence-corrected chi connectivity index (χ4v) is 2.01. The van der Waals surface area contributed by atoms with Crippen LogP contribution in [-0.4, -0.2) is 17.0 Å². The predicted molar refractivity (Wildman–Crippen MR) is 85.9 cm³/mol. The number of carbonyl (C=O) groups is 2. The molecule has 0 aromatic heterocycles. The highest BCUT2D eigenvalue weighted by Gasteiger charge is 2.13. The number of unbranched alkanes of at least 4 members (excludes halogenated alkanes) is 2. The van der Waals surface area contributed by atoms with Gasteiger partial charge in [-0.05, 0) is 44.4 Å². The summed E-state index contributed by atoms with van der Waals surface area (Å²) < 4.78 is 5.24. The van der Waals surface area contributed by atoms with E-state index in [1.807, 2.05) is 12.1 Å². The van der Waals surface area contributed by atoms with Gasteiger partial charge in [0.25, 0.3) is 0 Å². The van der Waals surface area contributed by atoms with Crippen LogP contribution in [0.15, 0.2) is 35.9 Å². The van der Waals surface area contributed by atoms with Gasteiger partial charge in [-0.15, -0.1) is 0 Å². The van der Waals surface area contributed by atoms with Crippen LogP contribution >= 0.6 is 0 Å². The summed E-state index contributed by atoms with van der Waals surface area (Å²) in [4.78, 5) is 22.6. The number of rotatable bonds is 8. The first-order valence-electron chi connectivity index (χ1n) is 7.66. The molecule has 0 amide bonds. The summed E-state index contributed by atoms with van der Waals surface area (Å²) in [5, 5.41) is 8.82. The van der Waals surface area contributed by atoms with Crippen molar-refractivity contribution in [2.45, 2.75) is 46.5 Å². The maximum Gasteiger partial charge on any atom is 0.338 e. The number of ether oxygens (including phenoxy) is 1. The van der Waals surface area contributed by atoms with Crippen LogP contribution in [0.3, 0.4) is 0 Å². The number of esters is 1. The number of hydrogen-bond donors (Lipinski definition) is 1. The van der Waals surface area contributed by atoms with Gasteiger partial charge >= 0.3 is 11.9 Å². The minimum absolute atomic E-state index is 0.293. The van der Waals surface area contributed by atoms with Crippen molar-refractivity contribution in [3.05, 3.63) is 41.5 Å². The van der Waals surface area contributed by atoms with Crippen molar-refractivity contribution >= 4 is 11.9 Å². The molecule has 1 rings (SSSR count). The highest BCUT2D eigenvalue weighted by Crippen LogP contribution is 2.16. The van der Waals surface area contributed by atoms with Gasteiger partial charge in [0.2, 0.25) is 0 Å². The topological polar surface area (TPSA) is 63.6 Å². The average Bonchev–Trinajstić information content (AvgIpc) is 2.49. The summed E-state index contributed by atoms with van der Waals surface area (Å²) in [6.07, 6.45) is 5.98. The van der Waals surface area contributed by atoms with Gasteiger partial charge in [-0.1, -0.05) is 38.0 Å². The molecule has 1 N–H and O–H groups in total. The lowest BCUT2D eigenvalue weighted by molar-refractivity contribution is -0.139. The Morgan fingerprint density at radius 3 is 2.41 bits per heavy atom. The van der Waals surface area contributed by atoms with E-state index in [9.17, 15) is 9.59 Å². The number of carboxylic acids is 1. The zero-order chi connectivity index (χ0) is 16.5. The number of carbonyl (C=O) groups excluding carboxylic acids is 1. The van der Waals surface area contributed by atoms with Crippen LogP contribution < -0.4 is 4.74 Å². The van der Waals surface area contributed by atoms with Crippen molar-refractivity contribution in [3.63, 3.8) is 0 Å². The third-order valence-corrected chi connectivity index (χ3v) is 3.41. The Morgan fingerprint density at radius 1 is 1.23 bits per heavy atom. The van der Waals surface area contributed by atoms with E-state index in [0.29, 0.717) is 11.3 Å². The molecule has 1 atom stereocenters. The Balaban J connectivity index is 2.59. The third kappa shape index (κ3) is 6.12. The number of aryl methyl sites for hydroxylation is 1. The standard InChI is InChI=1S/C18H24O4/c1-4-5-6-7-15-8-10-16(11-9-15)22-18(21)14(3)12-13(2)17(19)20/h8-13H,4-7H2,1-3H3,(H,19,20). The van der Waals surface area contributed by atoms with Gasteiger partial charge in [0, 0.05) is 5.57 Å². The summed E-state index contributed by atoms with van der Waals surface area (Å²) in [6, 6.07) is 7.45. The molecule has 0 spiro atoms. The molecule has 0 saturated heterocycles. The van der Waals surface area contributed by atoms with E-state index in [1.54, 1.807) is 19.1 Å². The second-order valence-corrected chi connectivity index (χ2v) is 5.47. The molecule has 1 unspecified atom stereocenters. The van der Waals surface area contributed by atoms with E-state index in [-0.39, 0.29) is 0 Å². The zero-order valence-electron chi connectivity index (χ0n) is 13.5. The molecule has 0 bridgehead atoms. The van der Waals surface area contributed by atoms with Crippen molar-refractivity contribution in [1.82, 2.24) is 0 Å². The lowest BCUT2D eigenvalue weighted by Crippen LogP contribution is -2.13. The molecular weight excluding hydrogens is 280 g/mol. The largest absolute Gasteiger partial charge is 0.481 e. The zero-order valence-corrected chi connectivity index (χ0v) is 13.5. The summed E-state index contributed by atoms with van der Waals surface area (Å²) in [7, 11) is 0. The van der Waals surface area contributed by atoms with Crippen molar-refractivity contribution < 1.29 is 19.4 Å². The summed E-state index contributed by atoms with van der Waals surface area (Å²) >= 11 is 0. The molecular formula is C18H24O4. The molecule has 0 aliphatic heterocycles. The summed E-state index contributed by atoms with van der Waals surface area (Å²) in [6.45, 7) is 5.24. The fourth-order valence-electron chi connectivity index (χ4n) is 2.01. The van der Waals surface area contributed by atoms with E-state index in [1.165, 1.54) is 31.4 Å². The number of aliphatic carboxylic acids is 1. The van der Waals surface area contributed by atoms with E-state index < -0.39 is 17.9 Å². The normalized spacial score (nSPS) is 12.8. The van der Waals surface area contributed by atoms with Crippen LogP contribution in [0.5, 0.6) is 5.75 Å². The van der Waals surface area contributed by atoms with Crippen LogP contribution in [0.25, 0.3) is 0 Å². The van der Waals surface area contributed by atoms with Gasteiger partial charge in [0.15, 0.2) is 0 Å². The third-order valence-electron chi connectivity index (χ3n) is 3.41. The van der Waals surface area contributed by atoms with Crippen molar-refractivity contribution in [2.75, 3.05) is 0 Å². The SMILES string of the molecule is CCCCCc1ccc(OC(=O)C(C)=CC(C)C(=O)O)cc1. The minimum Gasteiger partial charge on any atom is -0.481 e. The minimum atomic E-state index is -0.969. The molecule has 0 radical (unpaired) electrons. The number of carboxylic acid groups (broad SMARTS) is 1. The molecule has 4 heteroatoms. The first kappa shape index (κ1) is 18.0. The molecule has 120 valence electrons. The summed E-state index contributed by atoms with van der Waals surface area (Å²) in [5.74, 6) is -1.73. The van der Waals surface area contributed by atoms with E-state index in [0.717, 1.165) is 12.8 Å². The lowest BCUT2D eigenvalue weighted by atomic mass is 10.1. The van der Waals surface area contributed by atoms with Crippen LogP contribution in [0.2, 0.25) is 0 Å². The van der Waals surface area contributed by atoms with E-state index in [2.05, 4.69) is 6.92 Å².